The van der Waals surface area contributed by atoms with Gasteiger partial charge in [0.25, 0.3) is 0 Å². The molecule has 12 heteroatoms. The molecule has 0 aliphatic carbocycles. The number of carboxylic acid groups (broad SMARTS) is 1. The van der Waals surface area contributed by atoms with Gasteiger partial charge in [-0.05, 0) is 43.4 Å². The molecule has 10 nitrogen and oxygen atoms in total. The minimum Gasteiger partial charge on any atom is -0.478 e. The zero-order valence-electron chi connectivity index (χ0n) is 20.0. The maximum atomic E-state index is 12.4. The predicted octanol–water partition coefficient (Wildman–Crippen LogP) is 2.77. The molecule has 5 N–H and O–H groups in total. The first kappa shape index (κ1) is 24.6. The van der Waals surface area contributed by atoms with Crippen LogP contribution in [0.25, 0.3) is 10.2 Å². The maximum Gasteiger partial charge on any atom is 0.335 e. The summed E-state index contributed by atoms with van der Waals surface area (Å²) in [6, 6.07) is 10.1. The van der Waals surface area contributed by atoms with Gasteiger partial charge in [0, 0.05) is 44.7 Å². The number of thiazole rings is 1. The number of aromatic carboxylic acids is 1. The van der Waals surface area contributed by atoms with Gasteiger partial charge < -0.3 is 31.3 Å². The summed E-state index contributed by atoms with van der Waals surface area (Å²) in [5.74, 6) is -2.46. The van der Waals surface area contributed by atoms with Crippen molar-refractivity contribution in [3.05, 3.63) is 47.0 Å². The molecule has 2 aromatic carbocycles. The van der Waals surface area contributed by atoms with Crippen molar-refractivity contribution in [2.45, 2.75) is 18.2 Å². The lowest BCUT2D eigenvalue weighted by atomic mass is 10.0. The van der Waals surface area contributed by atoms with Crippen LogP contribution in [0.1, 0.15) is 16.8 Å². The molecule has 2 aliphatic rings. The molecular formula is C24H28ClN7O3S. The Hall–Kier alpha value is -3.12. The molecule has 0 radical (unpaired) electrons. The molecule has 0 saturated carbocycles. The SMILES string of the molecule is CN1CCN(C(CC(N)=O)C2(Nc3nc4ccc(Cl)cc4s3)Nc3cc(C(=O)O)ccc3N2C)CC1. The first-order valence-corrected chi connectivity index (χ1v) is 12.8. The number of nitrogens with zero attached hydrogens (tertiary/aromatic N) is 4. The largest absolute Gasteiger partial charge is 0.478 e. The Morgan fingerprint density at radius 3 is 2.67 bits per heavy atom. The second-order valence-electron chi connectivity index (χ2n) is 9.27. The van der Waals surface area contributed by atoms with Crippen molar-refractivity contribution in [2.24, 2.45) is 5.73 Å². The van der Waals surface area contributed by atoms with Crippen molar-refractivity contribution in [1.29, 1.82) is 0 Å². The van der Waals surface area contributed by atoms with Crippen LogP contribution in [0.5, 0.6) is 0 Å². The van der Waals surface area contributed by atoms with E-state index in [2.05, 4.69) is 27.5 Å². The Kier molecular flexibility index (Phi) is 6.41. The number of hydrogen-bond donors (Lipinski definition) is 4. The zero-order valence-corrected chi connectivity index (χ0v) is 21.6. The van der Waals surface area contributed by atoms with E-state index < -0.39 is 17.7 Å². The number of nitrogens with two attached hydrogens (primary N) is 1. The molecule has 1 fully saturated rings. The van der Waals surface area contributed by atoms with E-state index in [1.165, 1.54) is 11.3 Å². The van der Waals surface area contributed by atoms with Crippen molar-refractivity contribution in [1.82, 2.24) is 14.8 Å². The molecule has 0 spiro atoms. The lowest BCUT2D eigenvalue weighted by molar-refractivity contribution is -0.119. The highest BCUT2D eigenvalue weighted by atomic mass is 35.5. The van der Waals surface area contributed by atoms with Gasteiger partial charge in [0.05, 0.1) is 33.2 Å². The number of carbonyl (C=O) groups excluding carboxylic acids is 1. The quantitative estimate of drug-likeness (QED) is 0.365. The number of likely N-dealkylation sites (N-methyl/N-ethyl adjacent to an activating group) is 2. The standard InChI is InChI=1S/C24H28ClN7O3S/c1-30-7-9-32(10-8-30)20(13-21(26)33)24(29-23-27-16-5-4-15(25)12-19(16)36-23)28-17-11-14(22(34)35)3-6-18(17)31(24)2/h3-6,11-12,20,28H,7-10,13H2,1-2H3,(H2,26,33)(H,27,29)(H,34,35). The van der Waals surface area contributed by atoms with E-state index >= 15 is 0 Å². The average Bonchev–Trinajstić information content (AvgIpc) is 3.35. The summed E-state index contributed by atoms with van der Waals surface area (Å²) in [4.78, 5) is 35.3. The van der Waals surface area contributed by atoms with E-state index in [4.69, 9.17) is 22.3 Å². The summed E-state index contributed by atoms with van der Waals surface area (Å²) in [6.45, 7) is 3.20. The molecule has 36 heavy (non-hydrogen) atoms. The van der Waals surface area contributed by atoms with Gasteiger partial charge in [-0.15, -0.1) is 0 Å². The van der Waals surface area contributed by atoms with Gasteiger partial charge in [-0.2, -0.15) is 0 Å². The number of halogens is 1. The van der Waals surface area contributed by atoms with Gasteiger partial charge in [0.1, 0.15) is 0 Å². The third kappa shape index (κ3) is 4.43. The van der Waals surface area contributed by atoms with Crippen LogP contribution in [0.15, 0.2) is 36.4 Å². The van der Waals surface area contributed by atoms with Crippen LogP contribution in [-0.2, 0) is 4.79 Å². The van der Waals surface area contributed by atoms with E-state index in [1.54, 1.807) is 24.3 Å². The third-order valence-corrected chi connectivity index (χ3v) is 8.13. The number of nitrogens with one attached hydrogen (secondary N) is 2. The van der Waals surface area contributed by atoms with E-state index in [9.17, 15) is 14.7 Å². The normalized spacial score (nSPS) is 21.2. The summed E-state index contributed by atoms with van der Waals surface area (Å²) in [7, 11) is 3.99. The lowest BCUT2D eigenvalue weighted by Crippen LogP contribution is -2.70. The number of rotatable bonds is 7. The van der Waals surface area contributed by atoms with Crippen molar-refractivity contribution in [3.63, 3.8) is 0 Å². The Balaban J connectivity index is 1.61. The summed E-state index contributed by atoms with van der Waals surface area (Å²) >= 11 is 7.66. The van der Waals surface area contributed by atoms with Gasteiger partial charge in [-0.25, -0.2) is 9.78 Å². The number of primary amides is 1. The summed E-state index contributed by atoms with van der Waals surface area (Å²) in [5.41, 5.74) is 8.22. The first-order chi connectivity index (χ1) is 17.2. The molecule has 1 amide bonds. The lowest BCUT2D eigenvalue weighted by Gasteiger charge is -2.49. The van der Waals surface area contributed by atoms with E-state index in [0.29, 0.717) is 15.8 Å². The Bertz CT molecular complexity index is 1330. The number of fused-ring (bicyclic) bond motifs is 2. The number of benzene rings is 2. The Morgan fingerprint density at radius 2 is 1.97 bits per heavy atom. The molecule has 5 rings (SSSR count). The van der Waals surface area contributed by atoms with Crippen LogP contribution in [0.4, 0.5) is 16.5 Å². The minimum atomic E-state index is -1.03. The number of carboxylic acids is 1. The van der Waals surface area contributed by atoms with Gasteiger partial charge in [-0.1, -0.05) is 22.9 Å². The van der Waals surface area contributed by atoms with Gasteiger partial charge in [0.15, 0.2) is 5.13 Å². The van der Waals surface area contributed by atoms with Crippen molar-refractivity contribution in [2.75, 3.05) is 55.8 Å². The van der Waals surface area contributed by atoms with Gasteiger partial charge in [0.2, 0.25) is 11.7 Å². The second-order valence-corrected chi connectivity index (χ2v) is 10.7. The number of carbonyl (C=O) groups is 2. The average molecular weight is 530 g/mol. The molecule has 1 saturated heterocycles. The number of piperazine rings is 1. The van der Waals surface area contributed by atoms with Crippen molar-refractivity contribution < 1.29 is 14.7 Å². The maximum absolute atomic E-state index is 12.4. The van der Waals surface area contributed by atoms with Gasteiger partial charge in [-0.3, -0.25) is 9.69 Å². The van der Waals surface area contributed by atoms with E-state index in [-0.39, 0.29) is 18.0 Å². The van der Waals surface area contributed by atoms with Crippen molar-refractivity contribution >= 4 is 61.5 Å². The van der Waals surface area contributed by atoms with E-state index in [0.717, 1.165) is 42.1 Å². The molecule has 0 bridgehead atoms. The minimum absolute atomic E-state index is 0.0879. The van der Waals surface area contributed by atoms with Crippen LogP contribution in [0, 0.1) is 0 Å². The highest BCUT2D eigenvalue weighted by molar-refractivity contribution is 7.22. The highest BCUT2D eigenvalue weighted by Crippen LogP contribution is 2.44. The topological polar surface area (TPSA) is 127 Å². The Morgan fingerprint density at radius 1 is 1.22 bits per heavy atom. The van der Waals surface area contributed by atoms with E-state index in [1.807, 2.05) is 24.1 Å². The van der Waals surface area contributed by atoms with Crippen LogP contribution in [0.2, 0.25) is 5.02 Å². The fourth-order valence-electron chi connectivity index (χ4n) is 5.03. The monoisotopic (exact) mass is 529 g/mol. The van der Waals surface area contributed by atoms with Gasteiger partial charge >= 0.3 is 5.97 Å². The third-order valence-electron chi connectivity index (χ3n) is 6.96. The molecule has 1 aromatic heterocycles. The molecule has 3 aromatic rings. The predicted molar refractivity (Wildman–Crippen MR) is 143 cm³/mol. The highest BCUT2D eigenvalue weighted by Gasteiger charge is 2.51. The molecule has 2 aliphatic heterocycles. The fourth-order valence-corrected chi connectivity index (χ4v) is 6.23. The van der Waals surface area contributed by atoms with Crippen LogP contribution in [-0.4, -0.2) is 83.9 Å². The molecule has 3 heterocycles. The van der Waals surface area contributed by atoms with Crippen LogP contribution >= 0.6 is 22.9 Å². The smallest absolute Gasteiger partial charge is 0.335 e. The summed E-state index contributed by atoms with van der Waals surface area (Å²) in [6.07, 6.45) is 0.0879. The second kappa shape index (κ2) is 9.40. The van der Waals surface area contributed by atoms with Crippen molar-refractivity contribution in [3.8, 4) is 0 Å². The molecule has 2 unspecified atom stereocenters. The number of hydrogen-bond acceptors (Lipinski definition) is 9. The zero-order chi connectivity index (χ0) is 25.6. The van der Waals surface area contributed by atoms with Crippen LogP contribution < -0.4 is 21.3 Å². The Labute approximate surface area is 217 Å². The molecule has 2 atom stereocenters. The molecular weight excluding hydrogens is 502 g/mol. The first-order valence-electron chi connectivity index (χ1n) is 11.6. The summed E-state index contributed by atoms with van der Waals surface area (Å²) < 4.78 is 0.928. The number of amides is 1. The molecule has 190 valence electrons. The van der Waals surface area contributed by atoms with Crippen LogP contribution in [0.3, 0.4) is 0 Å². The number of aromatic nitrogens is 1. The fraction of sp³-hybridized carbons (Fsp3) is 0.375. The number of anilines is 3. The summed E-state index contributed by atoms with van der Waals surface area (Å²) in [5, 5.41) is 18.0.